The third-order valence-corrected chi connectivity index (χ3v) is 6.23. The van der Waals surface area contributed by atoms with E-state index >= 15 is 0 Å². The monoisotopic (exact) mass is 806 g/mol. The Morgan fingerprint density at radius 2 is 0.522 bits per heavy atom. The summed E-state index contributed by atoms with van der Waals surface area (Å²) in [5.74, 6) is 19.1. The molecule has 0 saturated carbocycles. The smallest absolute Gasteiger partial charge is 0.0227 e. The van der Waals surface area contributed by atoms with Gasteiger partial charge in [0.15, 0.2) is 0 Å². The molecule has 6 aromatic rings. The summed E-state index contributed by atoms with van der Waals surface area (Å²) >= 11 is 0. The van der Waals surface area contributed by atoms with Crippen molar-refractivity contribution in [3.05, 3.63) is 197 Å². The Bertz CT molecular complexity index is 1750. The van der Waals surface area contributed by atoms with Crippen LogP contribution in [0.2, 0.25) is 0 Å². The van der Waals surface area contributed by atoms with Crippen molar-refractivity contribution in [2.24, 2.45) is 0 Å². The largest absolute Gasteiger partial charge is 0.452 e. The number of anilines is 3. The third-order valence-electron chi connectivity index (χ3n) is 6.23. The first-order chi connectivity index (χ1) is 21.3. The number of rotatable bonds is 3. The maximum atomic E-state index is 3.32. The van der Waals surface area contributed by atoms with E-state index in [1.807, 2.05) is 132 Å². The average molecular weight is 806 g/mol. The maximum absolute atomic E-state index is 3.32. The van der Waals surface area contributed by atoms with Gasteiger partial charge in [-0.25, -0.2) is 33.8 Å². The molecule has 46 heavy (non-hydrogen) atoms. The number of benzene rings is 6. The Kier molecular flexibility index (Phi) is 16.1. The summed E-state index contributed by atoms with van der Waals surface area (Å²) in [6, 6.07) is 60.7. The number of nitrogens with zero attached hydrogens (tertiary/aromatic N) is 1. The average Bonchev–Trinajstić information content (AvgIpc) is 3.09. The van der Waals surface area contributed by atoms with Crippen LogP contribution in [-0.2, 0) is 98.1 Å². The molecular weight excluding hydrogens is 785 g/mol. The van der Waals surface area contributed by atoms with Crippen molar-refractivity contribution < 1.29 is 98.1 Å². The van der Waals surface area contributed by atoms with Crippen molar-refractivity contribution in [3.8, 4) is 35.5 Å². The van der Waals surface area contributed by atoms with E-state index < -0.39 is 0 Å². The zero-order valence-electron chi connectivity index (χ0n) is 24.8. The summed E-state index contributed by atoms with van der Waals surface area (Å²) in [7, 11) is 0. The SMILES string of the molecule is C(#Cc1ccccc1)c1c[c-]c(N(c2[c-]cc(C#Cc3ccccc3)c[c-]2)c2[c-]cc(C#Cc3ccccc3)c[c-]2)[c-]c1.[Y].[Y].[Y]. The molecule has 0 aromatic heterocycles. The second kappa shape index (κ2) is 19.7. The van der Waals surface area contributed by atoms with E-state index in [1.165, 1.54) is 0 Å². The zero-order valence-corrected chi connectivity index (χ0v) is 33.3. The molecule has 0 spiro atoms. The Labute approximate surface area is 348 Å². The molecule has 1 nitrogen and oxygen atoms in total. The Balaban J connectivity index is 0.00000192. The minimum absolute atomic E-state index is 0. The summed E-state index contributed by atoms with van der Waals surface area (Å²) in [5.41, 5.74) is 7.28. The zero-order chi connectivity index (χ0) is 29.1. The second-order valence-electron chi connectivity index (χ2n) is 9.33. The van der Waals surface area contributed by atoms with Crippen LogP contribution in [0.3, 0.4) is 0 Å². The predicted octanol–water partition coefficient (Wildman–Crippen LogP) is 8.15. The van der Waals surface area contributed by atoms with E-state index in [1.54, 1.807) is 0 Å². The third kappa shape index (κ3) is 10.8. The van der Waals surface area contributed by atoms with Gasteiger partial charge in [-0.05, 0) is 36.4 Å². The van der Waals surface area contributed by atoms with Gasteiger partial charge in [-0.2, -0.15) is 17.8 Å². The Morgan fingerprint density at radius 1 is 0.304 bits per heavy atom. The first kappa shape index (κ1) is 37.6. The van der Waals surface area contributed by atoms with Crippen LogP contribution in [0.4, 0.5) is 17.1 Å². The molecule has 0 unspecified atom stereocenters. The van der Waals surface area contributed by atoms with Gasteiger partial charge in [0.2, 0.25) is 0 Å². The van der Waals surface area contributed by atoms with Crippen LogP contribution in [0.15, 0.2) is 127 Å². The molecule has 0 heterocycles. The van der Waals surface area contributed by atoms with E-state index in [0.29, 0.717) is 17.1 Å². The Hall–Kier alpha value is -2.89. The van der Waals surface area contributed by atoms with Gasteiger partial charge in [0.05, 0.1) is 0 Å². The molecule has 0 N–H and O–H groups in total. The molecule has 6 rings (SSSR count). The van der Waals surface area contributed by atoms with Gasteiger partial charge in [-0.15, -0.1) is 0 Å². The van der Waals surface area contributed by atoms with Crippen molar-refractivity contribution in [2.45, 2.75) is 0 Å². The maximum Gasteiger partial charge on any atom is 0.0227 e. The first-order valence-electron chi connectivity index (χ1n) is 13.6. The quantitative estimate of drug-likeness (QED) is 0.129. The van der Waals surface area contributed by atoms with Crippen molar-refractivity contribution in [3.63, 3.8) is 0 Å². The van der Waals surface area contributed by atoms with Crippen LogP contribution in [0.5, 0.6) is 0 Å². The van der Waals surface area contributed by atoms with Crippen molar-refractivity contribution >= 4 is 17.1 Å². The molecular formula is C42H21NY3-6. The van der Waals surface area contributed by atoms with Crippen molar-refractivity contribution in [1.82, 2.24) is 0 Å². The van der Waals surface area contributed by atoms with E-state index in [9.17, 15) is 0 Å². The topological polar surface area (TPSA) is 3.24 Å². The van der Waals surface area contributed by atoms with Crippen LogP contribution in [0, 0.1) is 71.9 Å². The molecule has 0 aliphatic heterocycles. The minimum atomic E-state index is 0. The number of hydrogen-bond acceptors (Lipinski definition) is 1. The van der Waals surface area contributed by atoms with Gasteiger partial charge in [0.25, 0.3) is 0 Å². The summed E-state index contributed by atoms with van der Waals surface area (Å²) < 4.78 is 0. The van der Waals surface area contributed by atoms with Gasteiger partial charge < -0.3 is 41.3 Å². The summed E-state index contributed by atoms with van der Waals surface area (Å²) in [5, 5.41) is 0. The minimum Gasteiger partial charge on any atom is -0.452 e. The van der Waals surface area contributed by atoms with Crippen LogP contribution < -0.4 is 4.90 Å². The van der Waals surface area contributed by atoms with Crippen LogP contribution in [-0.4, -0.2) is 0 Å². The summed E-state index contributed by atoms with van der Waals surface area (Å²) in [6.45, 7) is 0. The van der Waals surface area contributed by atoms with Crippen molar-refractivity contribution in [1.29, 1.82) is 0 Å². The second-order valence-corrected chi connectivity index (χ2v) is 9.33. The first-order valence-corrected chi connectivity index (χ1v) is 13.6. The van der Waals surface area contributed by atoms with E-state index in [-0.39, 0.29) is 98.1 Å². The standard InChI is InChI=1S/C42H21N.3Y/c1-4-10-34(11-5-1)16-19-37-22-28-40(29-23-37)43(41-30-24-38(25-31-41)20-17-35-12-6-2-7-13-35)42-32-26-39(27-33-42)21-18-36-14-8-3-9-15-36;;;/h1-15,22-27H;;;/q-6;;;. The molecule has 0 aliphatic carbocycles. The molecule has 0 amide bonds. The van der Waals surface area contributed by atoms with E-state index in [2.05, 4.69) is 71.9 Å². The van der Waals surface area contributed by atoms with Crippen LogP contribution in [0.1, 0.15) is 33.4 Å². The fraction of sp³-hybridized carbons (Fsp3) is 0. The predicted molar refractivity (Wildman–Crippen MR) is 171 cm³/mol. The Morgan fingerprint density at radius 3 is 0.761 bits per heavy atom. The molecule has 4 heteroatoms. The van der Waals surface area contributed by atoms with Gasteiger partial charge in [0.1, 0.15) is 0 Å². The molecule has 0 fully saturated rings. The molecule has 0 bridgehead atoms. The summed E-state index contributed by atoms with van der Waals surface area (Å²) in [6.07, 6.45) is 0. The molecule has 0 aliphatic rings. The van der Waals surface area contributed by atoms with E-state index in [4.69, 9.17) is 0 Å². The molecule has 3 radical (unpaired) electrons. The van der Waals surface area contributed by atoms with Crippen LogP contribution in [0.25, 0.3) is 0 Å². The van der Waals surface area contributed by atoms with Gasteiger partial charge >= 0.3 is 0 Å². The molecule has 0 saturated heterocycles. The molecule has 0 atom stereocenters. The normalized spacial score (nSPS) is 9.13. The number of hydrogen-bond donors (Lipinski definition) is 0. The van der Waals surface area contributed by atoms with Crippen molar-refractivity contribution in [2.75, 3.05) is 4.90 Å². The fourth-order valence-electron chi connectivity index (χ4n) is 4.06. The van der Waals surface area contributed by atoms with Crippen LogP contribution >= 0.6 is 0 Å². The van der Waals surface area contributed by atoms with Gasteiger partial charge in [-0.3, -0.25) is 36.4 Å². The molecule has 6 aromatic carbocycles. The van der Waals surface area contributed by atoms with E-state index in [0.717, 1.165) is 33.4 Å². The van der Waals surface area contributed by atoms with Gasteiger partial charge in [-0.1, -0.05) is 72.4 Å². The summed E-state index contributed by atoms with van der Waals surface area (Å²) in [4.78, 5) is 1.90. The molecule has 209 valence electrons. The fourth-order valence-corrected chi connectivity index (χ4v) is 4.06. The van der Waals surface area contributed by atoms with Gasteiger partial charge in [0, 0.05) is 115 Å².